The molecule has 1 atom stereocenters. The summed E-state index contributed by atoms with van der Waals surface area (Å²) in [6, 6.07) is 13.0. The molecular formula is C20H23NO6S. The van der Waals surface area contributed by atoms with E-state index in [0.717, 1.165) is 19.3 Å². The summed E-state index contributed by atoms with van der Waals surface area (Å²) in [6.45, 7) is 0.584. The molecule has 0 spiro atoms. The number of carbonyl (C=O) groups is 1. The molecule has 28 heavy (non-hydrogen) atoms. The lowest BCUT2D eigenvalue weighted by molar-refractivity contribution is 0.0298. The molecule has 0 bridgehead atoms. The second-order valence-electron chi connectivity index (χ2n) is 6.48. The molecule has 8 heteroatoms. The zero-order valence-corrected chi connectivity index (χ0v) is 16.4. The number of carbonyl (C=O) groups excluding carboxylic acids is 1. The van der Waals surface area contributed by atoms with Crippen molar-refractivity contribution in [3.63, 3.8) is 0 Å². The highest BCUT2D eigenvalue weighted by Gasteiger charge is 2.23. The molecule has 0 aliphatic carbocycles. The fourth-order valence-electron chi connectivity index (χ4n) is 2.97. The second kappa shape index (κ2) is 9.07. The van der Waals surface area contributed by atoms with Gasteiger partial charge in [0.05, 0.1) is 18.8 Å². The molecule has 1 N–H and O–H groups in total. The summed E-state index contributed by atoms with van der Waals surface area (Å²) in [5.74, 6) is 0.162. The lowest BCUT2D eigenvalue weighted by Gasteiger charge is -2.22. The van der Waals surface area contributed by atoms with Crippen LogP contribution in [0.5, 0.6) is 11.5 Å². The van der Waals surface area contributed by atoms with Crippen LogP contribution in [0.1, 0.15) is 29.6 Å². The van der Waals surface area contributed by atoms with Crippen molar-refractivity contribution in [2.24, 2.45) is 0 Å². The van der Waals surface area contributed by atoms with E-state index < -0.39 is 10.1 Å². The summed E-state index contributed by atoms with van der Waals surface area (Å²) in [5.41, 5.74) is 0.914. The number of amides is 1. The number of rotatable bonds is 7. The van der Waals surface area contributed by atoms with Crippen LogP contribution in [-0.2, 0) is 14.9 Å². The predicted molar refractivity (Wildman–Crippen MR) is 105 cm³/mol. The Morgan fingerprint density at radius 1 is 1.14 bits per heavy atom. The summed E-state index contributed by atoms with van der Waals surface area (Å²) in [5, 5.41) is 2.74. The third-order valence-electron chi connectivity index (χ3n) is 4.35. The van der Waals surface area contributed by atoms with E-state index in [-0.39, 0.29) is 23.5 Å². The van der Waals surface area contributed by atoms with Crippen molar-refractivity contribution < 1.29 is 26.9 Å². The average molecular weight is 405 g/mol. The van der Waals surface area contributed by atoms with Gasteiger partial charge < -0.3 is 19.0 Å². The van der Waals surface area contributed by atoms with Gasteiger partial charge in [0.25, 0.3) is 5.91 Å². The SMILES string of the molecule is COc1ccccc1C(=O)Nc1ccc(OS(=O)(=O)CC2CCCCO2)cc1. The van der Waals surface area contributed by atoms with E-state index in [0.29, 0.717) is 23.6 Å². The Balaban J connectivity index is 1.60. The lowest BCUT2D eigenvalue weighted by Crippen LogP contribution is -2.29. The largest absolute Gasteiger partial charge is 0.496 e. The van der Waals surface area contributed by atoms with E-state index in [4.69, 9.17) is 13.7 Å². The van der Waals surface area contributed by atoms with Crippen LogP contribution in [-0.4, -0.2) is 39.9 Å². The Bertz CT molecular complexity index is 905. The molecule has 0 saturated carbocycles. The molecule has 7 nitrogen and oxygen atoms in total. The van der Waals surface area contributed by atoms with E-state index in [1.54, 1.807) is 36.4 Å². The molecule has 1 unspecified atom stereocenters. The van der Waals surface area contributed by atoms with Crippen molar-refractivity contribution in [3.8, 4) is 11.5 Å². The Morgan fingerprint density at radius 3 is 2.57 bits per heavy atom. The Labute approximate surface area is 164 Å². The Hall–Kier alpha value is -2.58. The molecule has 3 rings (SSSR count). The molecule has 0 radical (unpaired) electrons. The summed E-state index contributed by atoms with van der Waals surface area (Å²) in [6.07, 6.45) is 2.31. The number of ether oxygens (including phenoxy) is 2. The van der Waals surface area contributed by atoms with Gasteiger partial charge in [-0.3, -0.25) is 4.79 Å². The minimum atomic E-state index is -3.75. The van der Waals surface area contributed by atoms with Crippen LogP contribution >= 0.6 is 0 Å². The summed E-state index contributed by atoms with van der Waals surface area (Å²) in [4.78, 5) is 12.4. The van der Waals surface area contributed by atoms with Gasteiger partial charge in [-0.15, -0.1) is 0 Å². The average Bonchev–Trinajstić information content (AvgIpc) is 2.69. The summed E-state index contributed by atoms with van der Waals surface area (Å²) < 4.78 is 40.2. The van der Waals surface area contributed by atoms with Gasteiger partial charge in [-0.25, -0.2) is 0 Å². The molecule has 1 fully saturated rings. The second-order valence-corrected chi connectivity index (χ2v) is 8.09. The minimum Gasteiger partial charge on any atom is -0.496 e. The van der Waals surface area contributed by atoms with Crippen LogP contribution in [0.2, 0.25) is 0 Å². The van der Waals surface area contributed by atoms with Gasteiger partial charge >= 0.3 is 10.1 Å². The van der Waals surface area contributed by atoms with Crippen molar-refractivity contribution in [1.82, 2.24) is 0 Å². The number of anilines is 1. The molecule has 1 amide bonds. The van der Waals surface area contributed by atoms with E-state index in [2.05, 4.69) is 5.32 Å². The third-order valence-corrected chi connectivity index (χ3v) is 5.58. The maximum absolute atomic E-state index is 12.4. The highest BCUT2D eigenvalue weighted by atomic mass is 32.2. The lowest BCUT2D eigenvalue weighted by atomic mass is 10.1. The Kier molecular flexibility index (Phi) is 6.53. The molecule has 1 heterocycles. The number of methoxy groups -OCH3 is 1. The highest BCUT2D eigenvalue weighted by molar-refractivity contribution is 7.87. The molecule has 1 saturated heterocycles. The molecule has 1 aliphatic heterocycles. The van der Waals surface area contributed by atoms with Crippen LogP contribution in [0.4, 0.5) is 5.69 Å². The predicted octanol–water partition coefficient (Wildman–Crippen LogP) is 3.23. The molecular weight excluding hydrogens is 382 g/mol. The first-order valence-electron chi connectivity index (χ1n) is 9.05. The van der Waals surface area contributed by atoms with Gasteiger partial charge in [0.2, 0.25) is 0 Å². The zero-order valence-electron chi connectivity index (χ0n) is 15.6. The number of nitrogens with one attached hydrogen (secondary N) is 1. The van der Waals surface area contributed by atoms with Crippen molar-refractivity contribution in [2.45, 2.75) is 25.4 Å². The van der Waals surface area contributed by atoms with Crippen molar-refractivity contribution in [3.05, 3.63) is 54.1 Å². The van der Waals surface area contributed by atoms with Crippen LogP contribution in [0.3, 0.4) is 0 Å². The Morgan fingerprint density at radius 2 is 1.89 bits per heavy atom. The maximum atomic E-state index is 12.4. The standard InChI is InChI=1S/C20H23NO6S/c1-25-19-8-3-2-7-18(19)20(22)21-15-9-11-16(12-10-15)27-28(23,24)14-17-6-4-5-13-26-17/h2-3,7-12,17H,4-6,13-14H2,1H3,(H,21,22). The fraction of sp³-hybridized carbons (Fsp3) is 0.350. The van der Waals surface area contributed by atoms with E-state index in [1.165, 1.54) is 19.2 Å². The van der Waals surface area contributed by atoms with E-state index >= 15 is 0 Å². The van der Waals surface area contributed by atoms with Crippen LogP contribution in [0.25, 0.3) is 0 Å². The van der Waals surface area contributed by atoms with Crippen molar-refractivity contribution in [2.75, 3.05) is 24.8 Å². The van der Waals surface area contributed by atoms with Crippen molar-refractivity contribution in [1.29, 1.82) is 0 Å². The van der Waals surface area contributed by atoms with Gasteiger partial charge in [0.1, 0.15) is 17.3 Å². The van der Waals surface area contributed by atoms with Gasteiger partial charge in [0.15, 0.2) is 0 Å². The summed E-state index contributed by atoms with van der Waals surface area (Å²) in [7, 11) is -2.25. The number of hydrogen-bond acceptors (Lipinski definition) is 6. The molecule has 0 aromatic heterocycles. The highest BCUT2D eigenvalue weighted by Crippen LogP contribution is 2.22. The molecule has 1 aliphatic rings. The maximum Gasteiger partial charge on any atom is 0.311 e. The first-order valence-corrected chi connectivity index (χ1v) is 10.6. The van der Waals surface area contributed by atoms with E-state index in [9.17, 15) is 13.2 Å². The molecule has 2 aromatic rings. The quantitative estimate of drug-likeness (QED) is 0.711. The van der Waals surface area contributed by atoms with E-state index in [1.807, 2.05) is 0 Å². The normalized spacial score (nSPS) is 17.0. The molecule has 150 valence electrons. The first-order chi connectivity index (χ1) is 13.5. The van der Waals surface area contributed by atoms with Crippen LogP contribution in [0.15, 0.2) is 48.5 Å². The zero-order chi connectivity index (χ0) is 20.0. The van der Waals surface area contributed by atoms with Crippen LogP contribution in [0, 0.1) is 0 Å². The van der Waals surface area contributed by atoms with Gasteiger partial charge in [0, 0.05) is 12.3 Å². The van der Waals surface area contributed by atoms with Crippen LogP contribution < -0.4 is 14.2 Å². The third kappa shape index (κ3) is 5.46. The minimum absolute atomic E-state index is 0.167. The topological polar surface area (TPSA) is 90.9 Å². The number of hydrogen-bond donors (Lipinski definition) is 1. The van der Waals surface area contributed by atoms with Crippen molar-refractivity contribution >= 4 is 21.7 Å². The van der Waals surface area contributed by atoms with Gasteiger partial charge in [-0.1, -0.05) is 12.1 Å². The van der Waals surface area contributed by atoms with Gasteiger partial charge in [-0.2, -0.15) is 8.42 Å². The summed E-state index contributed by atoms with van der Waals surface area (Å²) >= 11 is 0. The smallest absolute Gasteiger partial charge is 0.311 e. The first kappa shape index (κ1) is 20.2. The monoisotopic (exact) mass is 405 g/mol. The number of para-hydroxylation sites is 1. The number of benzene rings is 2. The molecule has 2 aromatic carbocycles. The van der Waals surface area contributed by atoms with Gasteiger partial charge in [-0.05, 0) is 55.7 Å². The fourth-order valence-corrected chi connectivity index (χ4v) is 4.16.